The molecule has 17 heteroatoms. The van der Waals surface area contributed by atoms with Crippen LogP contribution >= 0.6 is 0 Å². The smallest absolute Gasteiger partial charge is 0.408 e. The average molecular weight is 857 g/mol. The van der Waals surface area contributed by atoms with E-state index in [0.29, 0.717) is 65.7 Å². The summed E-state index contributed by atoms with van der Waals surface area (Å²) in [4.78, 5) is 63.5. The molecule has 1 aromatic carbocycles. The second-order valence-corrected chi connectivity index (χ2v) is 18.9. The van der Waals surface area contributed by atoms with Crippen LogP contribution in [0.3, 0.4) is 0 Å². The normalized spacial score (nSPS) is 27.3. The number of rotatable bonds is 16. The van der Waals surface area contributed by atoms with Crippen molar-refractivity contribution in [3.63, 3.8) is 0 Å². The molecule has 62 heavy (non-hydrogen) atoms. The molecule has 4 heterocycles. The first-order valence-corrected chi connectivity index (χ1v) is 21.9. The minimum Gasteiger partial charge on any atom is -0.492 e. The number of fused-ring (bicyclic) bond motifs is 2. The van der Waals surface area contributed by atoms with Crippen molar-refractivity contribution in [2.24, 2.45) is 23.2 Å². The van der Waals surface area contributed by atoms with Gasteiger partial charge in [0.2, 0.25) is 11.8 Å². The van der Waals surface area contributed by atoms with E-state index in [2.05, 4.69) is 27.4 Å². The van der Waals surface area contributed by atoms with Crippen molar-refractivity contribution in [3.8, 4) is 17.3 Å². The largest absolute Gasteiger partial charge is 0.492 e. The number of ether oxygens (including phenoxy) is 4. The number of nitrogens with zero attached hydrogens (tertiary/aromatic N) is 5. The number of carbonyl (C=O) groups excluding carboxylic acids is 3. The van der Waals surface area contributed by atoms with Gasteiger partial charge in [0.05, 0.1) is 25.3 Å². The van der Waals surface area contributed by atoms with E-state index in [4.69, 9.17) is 29.0 Å². The number of aromatic nitrogens is 3. The van der Waals surface area contributed by atoms with Crippen LogP contribution in [0.5, 0.6) is 11.5 Å². The molecule has 17 nitrogen and oxygen atoms in total. The Morgan fingerprint density at radius 3 is 2.48 bits per heavy atom. The van der Waals surface area contributed by atoms with Crippen molar-refractivity contribution in [1.29, 1.82) is 0 Å². The van der Waals surface area contributed by atoms with Gasteiger partial charge in [-0.05, 0) is 68.9 Å². The van der Waals surface area contributed by atoms with Crippen LogP contribution < -0.4 is 25.4 Å². The van der Waals surface area contributed by atoms with E-state index in [9.17, 15) is 24.3 Å². The third-order valence-corrected chi connectivity index (χ3v) is 12.8. The fraction of sp³-hybridized carbons (Fsp3) is 0.600. The third-order valence-electron chi connectivity index (χ3n) is 12.8. The lowest BCUT2D eigenvalue weighted by Crippen LogP contribution is -2.59. The Kier molecular flexibility index (Phi) is 12.1. The van der Waals surface area contributed by atoms with Crippen molar-refractivity contribution >= 4 is 40.6 Å². The van der Waals surface area contributed by atoms with Crippen LogP contribution in [-0.2, 0) is 23.9 Å². The lowest BCUT2D eigenvalue weighted by atomic mass is 9.85. The predicted octanol–water partition coefficient (Wildman–Crippen LogP) is 4.39. The summed E-state index contributed by atoms with van der Waals surface area (Å²) in [6, 6.07) is 7.18. The standard InChI is InChI=1S/C45H60N8O9/c1-7-29-24-45(29,42(56)57)49-40(54)35-22-32(25-52(35)41(55)39(44(4,5)6)48-43(58)62-31-19-27-18-28(27)20-31)61-36-23-38(53-11-10-37(50-53)46-26(2)3)47-34-21-30(8-9-33(34)36)60-17-14-51-12-15-59-16-13-51/h7-11,21,23,26-29,31-32,35,39H,1,12-20,22,24-25H2,2-6H3,(H,46,50)(H,48,58)(H,49,54)(H,56,57)/t27-,28+,29?,31?,32-,35?,39?,45-/m1/s1. The molecule has 3 aromatic rings. The van der Waals surface area contributed by atoms with E-state index in [1.807, 2.05) is 58.9 Å². The van der Waals surface area contributed by atoms with Crippen LogP contribution in [-0.4, -0.2) is 135 Å². The van der Waals surface area contributed by atoms with Crippen LogP contribution in [0.2, 0.25) is 0 Å². The van der Waals surface area contributed by atoms with Crippen molar-refractivity contribution in [2.75, 3.05) is 51.3 Å². The van der Waals surface area contributed by atoms with Crippen LogP contribution in [0, 0.1) is 23.2 Å². The van der Waals surface area contributed by atoms with Gasteiger partial charge in [-0.25, -0.2) is 19.3 Å². The van der Waals surface area contributed by atoms with Crippen LogP contribution in [0.15, 0.2) is 49.2 Å². The second-order valence-electron chi connectivity index (χ2n) is 18.9. The molecular formula is C45H60N8O9. The Morgan fingerprint density at radius 2 is 1.81 bits per heavy atom. The summed E-state index contributed by atoms with van der Waals surface area (Å²) in [5.41, 5.74) is -1.73. The molecule has 8 rings (SSSR count). The Hall–Kier alpha value is -5.42. The van der Waals surface area contributed by atoms with Crippen LogP contribution in [0.4, 0.5) is 10.6 Å². The highest BCUT2D eigenvalue weighted by Crippen LogP contribution is 2.52. The summed E-state index contributed by atoms with van der Waals surface area (Å²) in [5.74, 6) is 0.645. The summed E-state index contributed by atoms with van der Waals surface area (Å²) in [6.45, 7) is 17.6. The number of aliphatic carboxylic acids is 1. The molecule has 2 saturated heterocycles. The van der Waals surface area contributed by atoms with Gasteiger partial charge in [0.25, 0.3) is 0 Å². The molecule has 2 aliphatic heterocycles. The first-order valence-electron chi connectivity index (χ1n) is 21.9. The zero-order valence-electron chi connectivity index (χ0n) is 36.3. The van der Waals surface area contributed by atoms with Crippen molar-refractivity contribution in [1.82, 2.24) is 35.2 Å². The fourth-order valence-corrected chi connectivity index (χ4v) is 9.16. The molecular weight excluding hydrogens is 797 g/mol. The maximum Gasteiger partial charge on any atom is 0.408 e. The first-order chi connectivity index (χ1) is 29.6. The zero-order chi connectivity index (χ0) is 43.9. The number of carbonyl (C=O) groups is 4. The average Bonchev–Trinajstić information content (AvgIpc) is 3.89. The maximum absolute atomic E-state index is 14.8. The highest BCUT2D eigenvalue weighted by molar-refractivity contribution is 5.96. The van der Waals surface area contributed by atoms with Gasteiger partial charge < -0.3 is 44.9 Å². The number of benzene rings is 1. The molecule has 4 unspecified atom stereocenters. The number of amides is 3. The van der Waals surface area contributed by atoms with Gasteiger partial charge in [0.15, 0.2) is 5.82 Å². The van der Waals surface area contributed by atoms with Crippen LogP contribution in [0.25, 0.3) is 16.7 Å². The van der Waals surface area contributed by atoms with Crippen molar-refractivity contribution in [2.45, 2.75) is 103 Å². The number of carboxylic acids is 1. The molecule has 4 N–H and O–H groups in total. The number of pyridine rings is 1. The van der Waals surface area contributed by atoms with E-state index in [1.165, 1.54) is 17.4 Å². The number of likely N-dealkylation sites (tertiary alicyclic amines) is 1. The molecule has 5 fully saturated rings. The monoisotopic (exact) mass is 856 g/mol. The molecule has 334 valence electrons. The SMILES string of the molecule is C=CC1C[C@]1(NC(=O)C1C[C@@H](Oc2cc(-n3ccc(NC(C)C)n3)nc3cc(OCCN4CCOCC4)ccc23)CN1C(=O)C(NC(=O)OC1C[C@@H]2C[C@@H]2C1)C(C)(C)C)C(=O)O. The van der Waals surface area contributed by atoms with Gasteiger partial charge in [-0.15, -0.1) is 11.7 Å². The van der Waals surface area contributed by atoms with Gasteiger partial charge in [-0.2, -0.15) is 0 Å². The summed E-state index contributed by atoms with van der Waals surface area (Å²) >= 11 is 0. The highest BCUT2D eigenvalue weighted by atomic mass is 16.6. The number of nitrogens with one attached hydrogen (secondary N) is 3. The lowest BCUT2D eigenvalue weighted by molar-refractivity contribution is -0.146. The quantitative estimate of drug-likeness (QED) is 0.148. The van der Waals surface area contributed by atoms with Gasteiger partial charge in [-0.1, -0.05) is 26.8 Å². The lowest BCUT2D eigenvalue weighted by Gasteiger charge is -2.35. The van der Waals surface area contributed by atoms with E-state index in [1.54, 1.807) is 16.9 Å². The van der Waals surface area contributed by atoms with Gasteiger partial charge >= 0.3 is 12.1 Å². The Morgan fingerprint density at radius 1 is 1.05 bits per heavy atom. The summed E-state index contributed by atoms with van der Waals surface area (Å²) in [6.07, 6.45) is 4.77. The number of anilines is 1. The second kappa shape index (κ2) is 17.4. The van der Waals surface area contributed by atoms with Gasteiger partial charge in [0, 0.05) is 67.8 Å². The first kappa shape index (κ1) is 43.2. The molecule has 3 amide bonds. The van der Waals surface area contributed by atoms with Gasteiger partial charge in [-0.3, -0.25) is 14.5 Å². The van der Waals surface area contributed by atoms with E-state index >= 15 is 0 Å². The Bertz CT molecular complexity index is 2170. The van der Waals surface area contributed by atoms with Crippen molar-refractivity contribution < 1.29 is 43.2 Å². The highest BCUT2D eigenvalue weighted by Gasteiger charge is 2.61. The fourth-order valence-electron chi connectivity index (χ4n) is 9.16. The Balaban J connectivity index is 1.07. The number of hydrogen-bond acceptors (Lipinski definition) is 12. The summed E-state index contributed by atoms with van der Waals surface area (Å²) in [5, 5.41) is 24.4. The number of alkyl carbamates (subject to hydrolysis) is 1. The topological polar surface area (TPSA) is 199 Å². The molecule has 2 aromatic heterocycles. The molecule has 3 aliphatic carbocycles. The van der Waals surface area contributed by atoms with E-state index in [-0.39, 0.29) is 31.5 Å². The minimum absolute atomic E-state index is 0.0245. The third kappa shape index (κ3) is 9.48. The molecule has 0 spiro atoms. The molecule has 8 atom stereocenters. The summed E-state index contributed by atoms with van der Waals surface area (Å²) < 4.78 is 25.9. The summed E-state index contributed by atoms with van der Waals surface area (Å²) in [7, 11) is 0. The zero-order valence-corrected chi connectivity index (χ0v) is 36.3. The minimum atomic E-state index is -1.52. The Labute approximate surface area is 361 Å². The van der Waals surface area contributed by atoms with E-state index in [0.717, 1.165) is 32.5 Å². The predicted molar refractivity (Wildman–Crippen MR) is 229 cm³/mol. The number of carboxylic acid groups (broad SMARTS) is 1. The molecule has 0 radical (unpaired) electrons. The number of hydrogen-bond donors (Lipinski definition) is 4. The van der Waals surface area contributed by atoms with Crippen LogP contribution in [0.1, 0.15) is 66.7 Å². The number of morpholine rings is 1. The molecule has 3 saturated carbocycles. The maximum atomic E-state index is 14.8. The van der Waals surface area contributed by atoms with E-state index < -0.39 is 58.9 Å². The molecule has 5 aliphatic rings. The van der Waals surface area contributed by atoms with Crippen molar-refractivity contribution in [3.05, 3.63) is 49.2 Å². The molecule has 0 bridgehead atoms. The van der Waals surface area contributed by atoms with Gasteiger partial charge in [0.1, 0.15) is 53.8 Å².